The first-order valence-electron chi connectivity index (χ1n) is 7.75. The lowest BCUT2D eigenvalue weighted by atomic mass is 10.2. The van der Waals surface area contributed by atoms with Gasteiger partial charge in [0.05, 0.1) is 17.5 Å². The van der Waals surface area contributed by atoms with Crippen molar-refractivity contribution < 1.29 is 18.0 Å². The van der Waals surface area contributed by atoms with E-state index in [1.165, 1.54) is 12.1 Å². The molecule has 25 heavy (non-hydrogen) atoms. The van der Waals surface area contributed by atoms with Crippen molar-refractivity contribution in [2.45, 2.75) is 24.9 Å². The smallest absolute Gasteiger partial charge is 0.321 e. The van der Waals surface area contributed by atoms with Crippen molar-refractivity contribution >= 4 is 17.2 Å². The lowest BCUT2D eigenvalue weighted by molar-refractivity contribution is -0.137. The van der Waals surface area contributed by atoms with Crippen LogP contribution in [0.15, 0.2) is 42.6 Å². The maximum absolute atomic E-state index is 12.6. The molecule has 1 saturated carbocycles. The fraction of sp³-hybridized carbons (Fsp3) is 0.235. The van der Waals surface area contributed by atoms with Gasteiger partial charge in [-0.25, -0.2) is 9.50 Å². The Morgan fingerprint density at radius 3 is 2.48 bits per heavy atom. The van der Waals surface area contributed by atoms with E-state index < -0.39 is 17.6 Å². The number of amides is 1. The summed E-state index contributed by atoms with van der Waals surface area (Å²) in [6.07, 6.45) is -0.367. The molecule has 0 bridgehead atoms. The molecule has 0 radical (unpaired) electrons. The molecule has 2 heterocycles. The third-order valence-electron chi connectivity index (χ3n) is 4.04. The molecular weight excluding hydrogens is 333 g/mol. The summed E-state index contributed by atoms with van der Waals surface area (Å²) in [7, 11) is 0. The zero-order chi connectivity index (χ0) is 17.6. The van der Waals surface area contributed by atoms with Crippen molar-refractivity contribution in [3.63, 3.8) is 0 Å². The Labute approximate surface area is 140 Å². The second-order valence-corrected chi connectivity index (χ2v) is 5.99. The number of aromatic nitrogens is 3. The Hall–Kier alpha value is -2.90. The zero-order valence-corrected chi connectivity index (χ0v) is 12.9. The number of imidazole rings is 1. The third kappa shape index (κ3) is 3.19. The van der Waals surface area contributed by atoms with Crippen molar-refractivity contribution in [3.8, 4) is 0 Å². The molecule has 8 heteroatoms. The maximum atomic E-state index is 12.6. The maximum Gasteiger partial charge on any atom is 0.416 e. The third-order valence-corrected chi connectivity index (χ3v) is 4.04. The van der Waals surface area contributed by atoms with Crippen molar-refractivity contribution in [2.24, 2.45) is 0 Å². The van der Waals surface area contributed by atoms with E-state index in [4.69, 9.17) is 0 Å². The van der Waals surface area contributed by atoms with Crippen LogP contribution in [0.25, 0.3) is 5.65 Å². The molecule has 5 nitrogen and oxygen atoms in total. The molecule has 2 aromatic heterocycles. The summed E-state index contributed by atoms with van der Waals surface area (Å²) >= 11 is 0. The number of carbonyl (C=O) groups is 1. The van der Waals surface area contributed by atoms with Crippen LogP contribution in [-0.4, -0.2) is 20.5 Å². The Bertz CT molecular complexity index is 943. The van der Waals surface area contributed by atoms with E-state index in [0.717, 1.165) is 30.7 Å². The average Bonchev–Trinajstić information content (AvgIpc) is 3.33. The first-order chi connectivity index (χ1) is 11.9. The molecule has 1 aromatic carbocycles. The Morgan fingerprint density at radius 1 is 1.12 bits per heavy atom. The van der Waals surface area contributed by atoms with Crippen LogP contribution in [0.1, 0.15) is 40.5 Å². The molecule has 128 valence electrons. The second-order valence-electron chi connectivity index (χ2n) is 5.99. The molecule has 0 aliphatic heterocycles. The summed E-state index contributed by atoms with van der Waals surface area (Å²) in [5.41, 5.74) is 1.29. The van der Waals surface area contributed by atoms with Crippen LogP contribution in [0.4, 0.5) is 18.9 Å². The summed E-state index contributed by atoms with van der Waals surface area (Å²) in [5.74, 6) is -0.0190. The van der Waals surface area contributed by atoms with Gasteiger partial charge in [0.2, 0.25) is 0 Å². The van der Waals surface area contributed by atoms with E-state index in [1.807, 2.05) is 6.20 Å². The number of alkyl halides is 3. The van der Waals surface area contributed by atoms with Gasteiger partial charge in [0.15, 0.2) is 5.65 Å². The molecular formula is C17H13F3N4O. The zero-order valence-electron chi connectivity index (χ0n) is 12.9. The average molecular weight is 346 g/mol. The van der Waals surface area contributed by atoms with Crippen LogP contribution >= 0.6 is 0 Å². The number of nitrogens with one attached hydrogen (secondary N) is 1. The summed E-state index contributed by atoms with van der Waals surface area (Å²) < 4.78 is 39.2. The SMILES string of the molecule is O=C(Nc1ccc(C(F)(F)F)cc1)c1ccc2nc(C3CC3)cn2n1. The monoisotopic (exact) mass is 346 g/mol. The van der Waals surface area contributed by atoms with E-state index in [0.29, 0.717) is 11.6 Å². The molecule has 0 saturated heterocycles. The van der Waals surface area contributed by atoms with E-state index >= 15 is 0 Å². The highest BCUT2D eigenvalue weighted by molar-refractivity contribution is 6.02. The number of anilines is 1. The number of fused-ring (bicyclic) bond motifs is 1. The number of nitrogens with zero attached hydrogens (tertiary/aromatic N) is 3. The molecule has 3 aromatic rings. The van der Waals surface area contributed by atoms with Gasteiger partial charge in [0, 0.05) is 11.6 Å². The highest BCUT2D eigenvalue weighted by Crippen LogP contribution is 2.39. The molecule has 1 N–H and O–H groups in total. The van der Waals surface area contributed by atoms with Crippen LogP contribution in [0.3, 0.4) is 0 Å². The van der Waals surface area contributed by atoms with Crippen molar-refractivity contribution in [3.05, 3.63) is 59.5 Å². The van der Waals surface area contributed by atoms with Crippen molar-refractivity contribution in [1.29, 1.82) is 0 Å². The summed E-state index contributed by atoms with van der Waals surface area (Å²) in [6, 6.07) is 7.50. The van der Waals surface area contributed by atoms with Gasteiger partial charge in [0.25, 0.3) is 5.91 Å². The molecule has 1 aliphatic carbocycles. The molecule has 0 unspecified atom stereocenters. The van der Waals surface area contributed by atoms with Gasteiger partial charge in [-0.1, -0.05) is 0 Å². The first-order valence-corrected chi connectivity index (χ1v) is 7.75. The quantitative estimate of drug-likeness (QED) is 0.783. The second kappa shape index (κ2) is 5.58. The number of hydrogen-bond acceptors (Lipinski definition) is 3. The first kappa shape index (κ1) is 15.6. The predicted molar refractivity (Wildman–Crippen MR) is 84.4 cm³/mol. The number of halogens is 3. The van der Waals surface area contributed by atoms with Crippen LogP contribution in [0.2, 0.25) is 0 Å². The molecule has 1 amide bonds. The molecule has 4 rings (SSSR count). The molecule has 0 atom stereocenters. The minimum absolute atomic E-state index is 0.159. The fourth-order valence-electron chi connectivity index (χ4n) is 2.53. The standard InChI is InChI=1S/C17H13F3N4O/c18-17(19,20)11-3-5-12(6-4-11)21-16(25)13-7-8-15-22-14(10-1-2-10)9-24(15)23-13/h3-10H,1-2H2,(H,21,25). The van der Waals surface area contributed by atoms with Crippen LogP contribution in [0, 0.1) is 0 Å². The van der Waals surface area contributed by atoms with Crippen LogP contribution in [0.5, 0.6) is 0 Å². The van der Waals surface area contributed by atoms with Crippen LogP contribution < -0.4 is 5.32 Å². The van der Waals surface area contributed by atoms with E-state index in [9.17, 15) is 18.0 Å². The number of hydrogen-bond donors (Lipinski definition) is 1. The number of benzene rings is 1. The Balaban J connectivity index is 1.53. The summed E-state index contributed by atoms with van der Waals surface area (Å²) in [5, 5.41) is 6.76. The minimum Gasteiger partial charge on any atom is -0.321 e. The van der Waals surface area contributed by atoms with Crippen molar-refractivity contribution in [2.75, 3.05) is 5.32 Å². The molecule has 1 fully saturated rings. The Morgan fingerprint density at radius 2 is 1.84 bits per heavy atom. The van der Waals surface area contributed by atoms with Crippen LogP contribution in [-0.2, 0) is 6.18 Å². The Kier molecular flexibility index (Phi) is 3.48. The number of carbonyl (C=O) groups excluding carboxylic acids is 1. The van der Waals surface area contributed by atoms with Gasteiger partial charge >= 0.3 is 6.18 Å². The predicted octanol–water partition coefficient (Wildman–Crippen LogP) is 3.88. The largest absolute Gasteiger partial charge is 0.416 e. The van der Waals surface area contributed by atoms with Gasteiger partial charge in [-0.05, 0) is 49.2 Å². The normalized spacial score (nSPS) is 14.7. The highest BCUT2D eigenvalue weighted by Gasteiger charge is 2.30. The number of rotatable bonds is 3. The van der Waals surface area contributed by atoms with Gasteiger partial charge < -0.3 is 5.32 Å². The lowest BCUT2D eigenvalue weighted by Crippen LogP contribution is -2.15. The van der Waals surface area contributed by atoms with Crippen molar-refractivity contribution in [1.82, 2.24) is 14.6 Å². The van der Waals surface area contributed by atoms with E-state index in [2.05, 4.69) is 15.4 Å². The fourth-order valence-corrected chi connectivity index (χ4v) is 2.53. The van der Waals surface area contributed by atoms with Gasteiger partial charge in [-0.15, -0.1) is 0 Å². The summed E-state index contributed by atoms with van der Waals surface area (Å²) in [4.78, 5) is 16.7. The molecule has 1 aliphatic rings. The van der Waals surface area contributed by atoms with Gasteiger partial charge in [-0.2, -0.15) is 18.3 Å². The van der Waals surface area contributed by atoms with E-state index in [-0.39, 0.29) is 11.4 Å². The van der Waals surface area contributed by atoms with E-state index in [1.54, 1.807) is 16.6 Å². The minimum atomic E-state index is -4.41. The van der Waals surface area contributed by atoms with Gasteiger partial charge in [0.1, 0.15) is 5.69 Å². The summed E-state index contributed by atoms with van der Waals surface area (Å²) in [6.45, 7) is 0. The molecule has 0 spiro atoms. The highest BCUT2D eigenvalue weighted by atomic mass is 19.4. The lowest BCUT2D eigenvalue weighted by Gasteiger charge is -2.08. The topological polar surface area (TPSA) is 59.3 Å². The van der Waals surface area contributed by atoms with Gasteiger partial charge in [-0.3, -0.25) is 4.79 Å².